The molecule has 0 spiro atoms. The van der Waals surface area contributed by atoms with Crippen molar-refractivity contribution in [2.24, 2.45) is 0 Å². The topological polar surface area (TPSA) is 61.2 Å². The number of carbonyl (C=O) groups is 1. The molecule has 1 heterocycles. The standard InChI is InChI=1S/C17H20N2O3/c1-4-9-19-17(21)15(12(3)20)11-16(18-19)13-7-6-8-14(10-13)22-5-2/h6-8,10-11H,4-5,9H2,1-3H3. The predicted molar refractivity (Wildman–Crippen MR) is 85.4 cm³/mol. The maximum absolute atomic E-state index is 12.2. The van der Waals surface area contributed by atoms with Crippen molar-refractivity contribution in [1.29, 1.82) is 0 Å². The van der Waals surface area contributed by atoms with E-state index in [1.807, 2.05) is 38.1 Å². The molecule has 2 rings (SSSR count). The van der Waals surface area contributed by atoms with Gasteiger partial charge >= 0.3 is 0 Å². The normalized spacial score (nSPS) is 10.5. The third kappa shape index (κ3) is 3.42. The second-order valence-electron chi connectivity index (χ2n) is 4.99. The molecule has 0 aliphatic carbocycles. The quantitative estimate of drug-likeness (QED) is 0.770. The van der Waals surface area contributed by atoms with Gasteiger partial charge in [0.05, 0.1) is 17.9 Å². The van der Waals surface area contributed by atoms with Gasteiger partial charge in [0.25, 0.3) is 5.56 Å². The van der Waals surface area contributed by atoms with Crippen molar-refractivity contribution in [3.8, 4) is 17.0 Å². The number of aryl methyl sites for hydroxylation is 1. The van der Waals surface area contributed by atoms with E-state index in [1.54, 1.807) is 6.07 Å². The summed E-state index contributed by atoms with van der Waals surface area (Å²) in [6.45, 7) is 6.33. The number of aromatic nitrogens is 2. The van der Waals surface area contributed by atoms with Crippen molar-refractivity contribution in [1.82, 2.24) is 9.78 Å². The summed E-state index contributed by atoms with van der Waals surface area (Å²) in [5.74, 6) is 0.485. The summed E-state index contributed by atoms with van der Waals surface area (Å²) >= 11 is 0. The molecule has 0 aliphatic rings. The van der Waals surface area contributed by atoms with Gasteiger partial charge in [-0.1, -0.05) is 19.1 Å². The number of ether oxygens (including phenoxy) is 1. The van der Waals surface area contributed by atoms with Crippen molar-refractivity contribution in [3.05, 3.63) is 46.2 Å². The second-order valence-corrected chi connectivity index (χ2v) is 4.99. The van der Waals surface area contributed by atoms with Gasteiger partial charge < -0.3 is 4.74 Å². The van der Waals surface area contributed by atoms with Crippen LogP contribution in [0.15, 0.2) is 35.1 Å². The van der Waals surface area contributed by atoms with Crippen LogP contribution >= 0.6 is 0 Å². The van der Waals surface area contributed by atoms with Gasteiger partial charge in [0, 0.05) is 12.1 Å². The molecule has 1 aromatic carbocycles. The zero-order valence-corrected chi connectivity index (χ0v) is 13.1. The predicted octanol–water partition coefficient (Wildman–Crippen LogP) is 2.92. The zero-order valence-electron chi connectivity index (χ0n) is 13.1. The lowest BCUT2D eigenvalue weighted by Gasteiger charge is -2.10. The molecule has 5 heteroatoms. The molecule has 116 valence electrons. The third-order valence-corrected chi connectivity index (χ3v) is 3.23. The minimum atomic E-state index is -0.334. The van der Waals surface area contributed by atoms with Crippen molar-refractivity contribution in [3.63, 3.8) is 0 Å². The van der Waals surface area contributed by atoms with Crippen molar-refractivity contribution >= 4 is 5.78 Å². The summed E-state index contributed by atoms with van der Waals surface area (Å²) in [6.07, 6.45) is 0.771. The Balaban J connectivity index is 2.57. The fourth-order valence-electron chi connectivity index (χ4n) is 2.21. The van der Waals surface area contributed by atoms with Crippen LogP contribution in [0, 0.1) is 0 Å². The Morgan fingerprint density at radius 1 is 1.27 bits per heavy atom. The highest BCUT2D eigenvalue weighted by molar-refractivity contribution is 5.94. The van der Waals surface area contributed by atoms with Crippen LogP contribution in [-0.4, -0.2) is 22.2 Å². The minimum Gasteiger partial charge on any atom is -0.494 e. The molecule has 0 N–H and O–H groups in total. The van der Waals surface area contributed by atoms with Crippen LogP contribution in [-0.2, 0) is 6.54 Å². The number of rotatable bonds is 6. The van der Waals surface area contributed by atoms with E-state index in [0.717, 1.165) is 17.7 Å². The Kier molecular flexibility index (Phi) is 5.09. The SMILES string of the molecule is CCCn1nc(-c2cccc(OCC)c2)cc(C(C)=O)c1=O. The molecule has 2 aromatic rings. The van der Waals surface area contributed by atoms with Crippen LogP contribution in [0.2, 0.25) is 0 Å². The molecule has 0 bridgehead atoms. The first kappa shape index (κ1) is 15.9. The van der Waals surface area contributed by atoms with Crippen LogP contribution in [0.1, 0.15) is 37.6 Å². The van der Waals surface area contributed by atoms with Crippen LogP contribution in [0.3, 0.4) is 0 Å². The summed E-state index contributed by atoms with van der Waals surface area (Å²) in [4.78, 5) is 23.9. The van der Waals surface area contributed by atoms with E-state index in [4.69, 9.17) is 4.74 Å². The van der Waals surface area contributed by atoms with E-state index in [-0.39, 0.29) is 16.9 Å². The lowest BCUT2D eigenvalue weighted by atomic mass is 10.1. The largest absolute Gasteiger partial charge is 0.494 e. The molecule has 0 saturated heterocycles. The van der Waals surface area contributed by atoms with E-state index >= 15 is 0 Å². The average molecular weight is 300 g/mol. The first-order valence-electron chi connectivity index (χ1n) is 7.43. The van der Waals surface area contributed by atoms with Gasteiger partial charge in [-0.3, -0.25) is 9.59 Å². The number of benzene rings is 1. The zero-order chi connectivity index (χ0) is 16.1. The maximum Gasteiger partial charge on any atom is 0.277 e. The molecule has 22 heavy (non-hydrogen) atoms. The molecule has 0 aliphatic heterocycles. The maximum atomic E-state index is 12.2. The Bertz CT molecular complexity index is 735. The summed E-state index contributed by atoms with van der Waals surface area (Å²) in [7, 11) is 0. The van der Waals surface area contributed by atoms with E-state index < -0.39 is 0 Å². The first-order valence-corrected chi connectivity index (χ1v) is 7.43. The number of ketones is 1. The van der Waals surface area contributed by atoms with E-state index in [1.165, 1.54) is 11.6 Å². The Labute approximate surface area is 129 Å². The molecule has 0 amide bonds. The minimum absolute atomic E-state index is 0.167. The van der Waals surface area contributed by atoms with Gasteiger partial charge in [-0.25, -0.2) is 4.68 Å². The van der Waals surface area contributed by atoms with Crippen molar-refractivity contribution < 1.29 is 9.53 Å². The fourth-order valence-corrected chi connectivity index (χ4v) is 2.21. The molecule has 0 fully saturated rings. The van der Waals surface area contributed by atoms with Gasteiger partial charge in [0.1, 0.15) is 5.75 Å². The summed E-state index contributed by atoms with van der Waals surface area (Å²) in [5.41, 5.74) is 1.25. The Morgan fingerprint density at radius 3 is 2.68 bits per heavy atom. The van der Waals surface area contributed by atoms with Gasteiger partial charge in [-0.2, -0.15) is 5.10 Å². The Hall–Kier alpha value is -2.43. The van der Waals surface area contributed by atoms with Crippen LogP contribution < -0.4 is 10.3 Å². The highest BCUT2D eigenvalue weighted by Crippen LogP contribution is 2.22. The summed E-state index contributed by atoms with van der Waals surface area (Å²) in [5, 5.41) is 4.37. The molecular formula is C17H20N2O3. The number of carbonyl (C=O) groups excluding carboxylic acids is 1. The summed E-state index contributed by atoms with van der Waals surface area (Å²) < 4.78 is 6.84. The number of nitrogens with zero attached hydrogens (tertiary/aromatic N) is 2. The number of hydrogen-bond acceptors (Lipinski definition) is 4. The van der Waals surface area contributed by atoms with Gasteiger partial charge in [-0.05, 0) is 38.5 Å². The van der Waals surface area contributed by atoms with E-state index in [2.05, 4.69) is 5.10 Å². The average Bonchev–Trinajstić information content (AvgIpc) is 2.50. The van der Waals surface area contributed by atoms with Gasteiger partial charge in [0.2, 0.25) is 0 Å². The van der Waals surface area contributed by atoms with Gasteiger partial charge in [0.15, 0.2) is 5.78 Å². The van der Waals surface area contributed by atoms with Crippen molar-refractivity contribution in [2.45, 2.75) is 33.7 Å². The van der Waals surface area contributed by atoms with E-state index in [0.29, 0.717) is 18.8 Å². The fraction of sp³-hybridized carbons (Fsp3) is 0.353. The molecule has 5 nitrogen and oxygen atoms in total. The highest BCUT2D eigenvalue weighted by atomic mass is 16.5. The smallest absolute Gasteiger partial charge is 0.277 e. The first-order chi connectivity index (χ1) is 10.6. The van der Waals surface area contributed by atoms with Gasteiger partial charge in [-0.15, -0.1) is 0 Å². The monoisotopic (exact) mass is 300 g/mol. The second kappa shape index (κ2) is 7.02. The molecule has 0 saturated carbocycles. The van der Waals surface area contributed by atoms with Crippen LogP contribution in [0.5, 0.6) is 5.75 Å². The van der Waals surface area contributed by atoms with Crippen molar-refractivity contribution in [2.75, 3.05) is 6.61 Å². The molecular weight excluding hydrogens is 280 g/mol. The summed E-state index contributed by atoms with van der Waals surface area (Å²) in [6, 6.07) is 9.03. The number of Topliss-reactive ketones (excluding diaryl/α,β-unsaturated/α-hetero) is 1. The van der Waals surface area contributed by atoms with Crippen LogP contribution in [0.4, 0.5) is 0 Å². The Morgan fingerprint density at radius 2 is 2.05 bits per heavy atom. The molecule has 0 atom stereocenters. The third-order valence-electron chi connectivity index (χ3n) is 3.23. The molecule has 0 radical (unpaired) electrons. The lowest BCUT2D eigenvalue weighted by Crippen LogP contribution is -2.28. The molecule has 1 aromatic heterocycles. The lowest BCUT2D eigenvalue weighted by molar-refractivity contribution is 0.101. The number of hydrogen-bond donors (Lipinski definition) is 0. The highest BCUT2D eigenvalue weighted by Gasteiger charge is 2.13. The molecule has 0 unspecified atom stereocenters. The van der Waals surface area contributed by atoms with Crippen LogP contribution in [0.25, 0.3) is 11.3 Å². The van der Waals surface area contributed by atoms with E-state index in [9.17, 15) is 9.59 Å².